The normalized spacial score (nSPS) is 17.9. The zero-order chi connectivity index (χ0) is 25.8. The summed E-state index contributed by atoms with van der Waals surface area (Å²) >= 11 is 0. The summed E-state index contributed by atoms with van der Waals surface area (Å²) in [4.78, 5) is 13.8. The van der Waals surface area contributed by atoms with Gasteiger partial charge in [-0.1, -0.05) is 6.92 Å². The first-order valence-electron chi connectivity index (χ1n) is 13.1. The fourth-order valence-electron chi connectivity index (χ4n) is 4.87. The van der Waals surface area contributed by atoms with Crippen molar-refractivity contribution in [2.45, 2.75) is 51.4 Å². The van der Waals surface area contributed by atoms with Gasteiger partial charge in [-0.25, -0.2) is 13.8 Å². The zero-order valence-corrected chi connectivity index (χ0v) is 21.5. The van der Waals surface area contributed by atoms with Crippen LogP contribution in [0.1, 0.15) is 44.7 Å². The van der Waals surface area contributed by atoms with Crippen molar-refractivity contribution in [3.63, 3.8) is 0 Å². The maximum Gasteiger partial charge on any atom is 0.251 e. The van der Waals surface area contributed by atoms with E-state index in [9.17, 15) is 8.78 Å². The minimum atomic E-state index is -2.65. The van der Waals surface area contributed by atoms with E-state index in [0.29, 0.717) is 41.2 Å². The van der Waals surface area contributed by atoms with Gasteiger partial charge in [0.2, 0.25) is 5.95 Å². The Bertz CT molecular complexity index is 1200. The van der Waals surface area contributed by atoms with E-state index >= 15 is 0 Å². The number of ether oxygens (including phenoxy) is 2. The molecular formula is C26H35F2N7O2. The van der Waals surface area contributed by atoms with Crippen molar-refractivity contribution in [2.24, 2.45) is 0 Å². The van der Waals surface area contributed by atoms with Gasteiger partial charge >= 0.3 is 0 Å². The molecule has 1 aromatic carbocycles. The molecule has 0 aliphatic carbocycles. The molecule has 5 rings (SSSR count). The Balaban J connectivity index is 1.44. The molecule has 2 aromatic heterocycles. The van der Waals surface area contributed by atoms with Gasteiger partial charge in [-0.05, 0) is 44.8 Å². The van der Waals surface area contributed by atoms with Crippen LogP contribution in [0.25, 0.3) is 10.9 Å². The Morgan fingerprint density at radius 1 is 1.05 bits per heavy atom. The number of aryl methyl sites for hydroxylation is 1. The lowest BCUT2D eigenvalue weighted by Crippen LogP contribution is -2.40. The summed E-state index contributed by atoms with van der Waals surface area (Å²) in [7, 11) is 1.61. The topological polar surface area (TPSA) is 91.4 Å². The number of nitrogens with one attached hydrogen (secondary N) is 2. The van der Waals surface area contributed by atoms with E-state index in [4.69, 9.17) is 19.4 Å². The number of halogens is 2. The van der Waals surface area contributed by atoms with Crippen LogP contribution < -0.4 is 19.7 Å². The average molecular weight is 516 g/mol. The van der Waals surface area contributed by atoms with Crippen molar-refractivity contribution in [2.75, 3.05) is 56.7 Å². The summed E-state index contributed by atoms with van der Waals surface area (Å²) in [6.45, 7) is 6.32. The van der Waals surface area contributed by atoms with Crippen LogP contribution in [0, 0.1) is 0 Å². The first-order chi connectivity index (χ1) is 17.9. The van der Waals surface area contributed by atoms with E-state index in [0.717, 1.165) is 43.6 Å². The average Bonchev–Trinajstić information content (AvgIpc) is 3.58. The number of aromatic amines is 1. The molecule has 200 valence electrons. The number of methoxy groups -OCH3 is 1. The molecule has 9 nitrogen and oxygen atoms in total. The molecule has 2 aliphatic heterocycles. The lowest BCUT2D eigenvalue weighted by Gasteiger charge is -2.32. The number of likely N-dealkylation sites (tertiary alicyclic amines) is 1. The summed E-state index contributed by atoms with van der Waals surface area (Å²) in [6.07, 6.45) is 3.84. The number of hydrogen-bond donors (Lipinski definition) is 2. The number of benzene rings is 1. The Morgan fingerprint density at radius 2 is 1.84 bits per heavy atom. The molecule has 0 spiro atoms. The number of H-pyrrole nitrogens is 1. The first kappa shape index (κ1) is 25.4. The molecule has 0 amide bonds. The van der Waals surface area contributed by atoms with Crippen molar-refractivity contribution >= 4 is 28.5 Å². The number of alkyl halides is 2. The van der Waals surface area contributed by atoms with E-state index in [1.54, 1.807) is 7.11 Å². The molecule has 37 heavy (non-hydrogen) atoms. The second kappa shape index (κ2) is 11.0. The van der Waals surface area contributed by atoms with Crippen molar-refractivity contribution in [3.05, 3.63) is 23.9 Å². The molecule has 0 saturated carbocycles. The van der Waals surface area contributed by atoms with Gasteiger partial charge in [0.05, 0.1) is 19.2 Å². The molecule has 0 bridgehead atoms. The van der Waals surface area contributed by atoms with Crippen LogP contribution in [0.5, 0.6) is 11.5 Å². The molecular weight excluding hydrogens is 480 g/mol. The SMILES string of the molecule is CCc1cc(Nc2nc(N3CCC(F)(F)CC3)nc3cc(OCCCN4CCCC4)c(OC)cc23)n[nH]1. The van der Waals surface area contributed by atoms with Gasteiger partial charge in [-0.2, -0.15) is 10.1 Å². The van der Waals surface area contributed by atoms with Gasteiger partial charge in [0.25, 0.3) is 5.92 Å². The summed E-state index contributed by atoms with van der Waals surface area (Å²) in [5, 5.41) is 11.3. The minimum absolute atomic E-state index is 0.191. The Morgan fingerprint density at radius 3 is 2.54 bits per heavy atom. The second-order valence-corrected chi connectivity index (χ2v) is 9.74. The van der Waals surface area contributed by atoms with E-state index in [1.165, 1.54) is 12.8 Å². The first-order valence-corrected chi connectivity index (χ1v) is 13.1. The van der Waals surface area contributed by atoms with E-state index < -0.39 is 5.92 Å². The number of hydrogen-bond acceptors (Lipinski definition) is 8. The van der Waals surface area contributed by atoms with Gasteiger partial charge in [-0.3, -0.25) is 5.10 Å². The summed E-state index contributed by atoms with van der Waals surface area (Å²) < 4.78 is 39.4. The smallest absolute Gasteiger partial charge is 0.251 e. The Kier molecular flexibility index (Phi) is 7.59. The monoisotopic (exact) mass is 515 g/mol. The predicted octanol–water partition coefficient (Wildman–Crippen LogP) is 4.77. The lowest BCUT2D eigenvalue weighted by atomic mass is 10.1. The second-order valence-electron chi connectivity index (χ2n) is 9.74. The molecule has 0 radical (unpaired) electrons. The van der Waals surface area contributed by atoms with E-state index in [-0.39, 0.29) is 25.9 Å². The van der Waals surface area contributed by atoms with Crippen LogP contribution >= 0.6 is 0 Å². The highest BCUT2D eigenvalue weighted by atomic mass is 19.3. The predicted molar refractivity (Wildman–Crippen MR) is 140 cm³/mol. The largest absolute Gasteiger partial charge is 0.493 e. The van der Waals surface area contributed by atoms with Crippen molar-refractivity contribution in [1.29, 1.82) is 0 Å². The standard InChI is InChI=1S/C26H35F2N7O2/c1-3-18-15-23(33-32-18)30-24-19-16-21(36-2)22(37-14-6-11-34-9-4-5-10-34)17-20(19)29-25(31-24)35-12-7-26(27,28)8-13-35/h15-17H,3-14H2,1-2H3,(H2,29,30,31,32,33). The fraction of sp³-hybridized carbons (Fsp3) is 0.577. The molecule has 2 aliphatic rings. The molecule has 2 fully saturated rings. The Hall–Kier alpha value is -3.21. The van der Waals surface area contributed by atoms with E-state index in [2.05, 4.69) is 20.4 Å². The zero-order valence-electron chi connectivity index (χ0n) is 21.5. The minimum Gasteiger partial charge on any atom is -0.493 e. The summed E-state index contributed by atoms with van der Waals surface area (Å²) in [5.74, 6) is 0.0948. The van der Waals surface area contributed by atoms with Crippen molar-refractivity contribution < 1.29 is 18.3 Å². The van der Waals surface area contributed by atoms with Crippen LogP contribution in [-0.2, 0) is 6.42 Å². The van der Waals surface area contributed by atoms with Crippen molar-refractivity contribution in [3.8, 4) is 11.5 Å². The van der Waals surface area contributed by atoms with Gasteiger partial charge in [-0.15, -0.1) is 0 Å². The maximum absolute atomic E-state index is 13.8. The third-order valence-electron chi connectivity index (χ3n) is 7.08. The highest BCUT2D eigenvalue weighted by Gasteiger charge is 2.35. The fourth-order valence-corrected chi connectivity index (χ4v) is 4.87. The number of fused-ring (bicyclic) bond motifs is 1. The molecule has 4 heterocycles. The van der Waals surface area contributed by atoms with Crippen molar-refractivity contribution in [1.82, 2.24) is 25.1 Å². The molecule has 3 aromatic rings. The molecule has 0 atom stereocenters. The third-order valence-corrected chi connectivity index (χ3v) is 7.08. The highest BCUT2D eigenvalue weighted by molar-refractivity contribution is 5.94. The summed E-state index contributed by atoms with van der Waals surface area (Å²) in [6, 6.07) is 5.63. The number of rotatable bonds is 10. The van der Waals surface area contributed by atoms with E-state index in [1.807, 2.05) is 30.0 Å². The maximum atomic E-state index is 13.8. The number of aromatic nitrogens is 4. The summed E-state index contributed by atoms with van der Waals surface area (Å²) in [5.41, 5.74) is 1.63. The van der Waals surface area contributed by atoms with Gasteiger partial charge in [0, 0.05) is 55.7 Å². The number of piperidine rings is 1. The molecule has 2 N–H and O–H groups in total. The van der Waals surface area contributed by atoms with Gasteiger partial charge in [0.1, 0.15) is 5.82 Å². The quantitative estimate of drug-likeness (QED) is 0.373. The lowest BCUT2D eigenvalue weighted by molar-refractivity contribution is -0.0222. The van der Waals surface area contributed by atoms with Crippen LogP contribution in [-0.4, -0.2) is 77.4 Å². The van der Waals surface area contributed by atoms with Gasteiger partial charge < -0.3 is 24.6 Å². The highest BCUT2D eigenvalue weighted by Crippen LogP contribution is 2.37. The Labute approximate surface area is 215 Å². The van der Waals surface area contributed by atoms with Crippen LogP contribution in [0.15, 0.2) is 18.2 Å². The van der Waals surface area contributed by atoms with Gasteiger partial charge in [0.15, 0.2) is 17.3 Å². The van der Waals surface area contributed by atoms with Crippen LogP contribution in [0.2, 0.25) is 0 Å². The molecule has 11 heteroatoms. The molecule has 2 saturated heterocycles. The van der Waals surface area contributed by atoms with Crippen LogP contribution in [0.3, 0.4) is 0 Å². The van der Waals surface area contributed by atoms with Crippen LogP contribution in [0.4, 0.5) is 26.4 Å². The third kappa shape index (κ3) is 6.03. The molecule has 0 unspecified atom stereocenters. The number of nitrogens with zero attached hydrogens (tertiary/aromatic N) is 5. The number of anilines is 3.